The first-order valence-corrected chi connectivity index (χ1v) is 8.57. The van der Waals surface area contributed by atoms with Gasteiger partial charge in [0, 0.05) is 36.6 Å². The van der Waals surface area contributed by atoms with Crippen molar-refractivity contribution >= 4 is 23.2 Å². The lowest BCUT2D eigenvalue weighted by atomic mass is 9.74. The van der Waals surface area contributed by atoms with E-state index >= 15 is 0 Å². The van der Waals surface area contributed by atoms with Crippen molar-refractivity contribution in [2.45, 2.75) is 6.42 Å². The normalized spacial score (nSPS) is 26.3. The Hall–Kier alpha value is -2.19. The molecule has 0 radical (unpaired) electrons. The highest BCUT2D eigenvalue weighted by Crippen LogP contribution is 2.43. The van der Waals surface area contributed by atoms with Crippen molar-refractivity contribution in [3.63, 3.8) is 0 Å². The molecule has 7 nitrogen and oxygen atoms in total. The van der Waals surface area contributed by atoms with Crippen LogP contribution in [0, 0.1) is 11.3 Å². The number of thiazole rings is 1. The zero-order chi connectivity index (χ0) is 16.7. The van der Waals surface area contributed by atoms with E-state index in [4.69, 9.17) is 9.15 Å². The minimum atomic E-state index is -0.892. The Kier molecular flexibility index (Phi) is 3.65. The molecule has 2 aliphatic heterocycles. The number of furan rings is 1. The fraction of sp³-hybridized carbons (Fsp3) is 0.438. The number of likely N-dealkylation sites (tertiary alicyclic amines) is 1. The maximum Gasteiger partial charge on any atom is 0.311 e. The van der Waals surface area contributed by atoms with Gasteiger partial charge in [0.25, 0.3) is 5.91 Å². The minimum absolute atomic E-state index is 0.167. The summed E-state index contributed by atoms with van der Waals surface area (Å²) in [4.78, 5) is 30.5. The van der Waals surface area contributed by atoms with Crippen molar-refractivity contribution in [3.05, 3.63) is 29.7 Å². The zero-order valence-corrected chi connectivity index (χ0v) is 13.6. The monoisotopic (exact) mass is 348 g/mol. The highest BCUT2D eigenvalue weighted by atomic mass is 32.1. The molecular weight excluding hydrogens is 332 g/mol. The summed E-state index contributed by atoms with van der Waals surface area (Å²) in [6, 6.07) is 1.79. The van der Waals surface area contributed by atoms with Gasteiger partial charge in [-0.2, -0.15) is 0 Å². The molecule has 2 fully saturated rings. The summed E-state index contributed by atoms with van der Waals surface area (Å²) < 4.78 is 10.5. The Bertz CT molecular complexity index is 771. The first-order valence-electron chi connectivity index (χ1n) is 7.69. The van der Waals surface area contributed by atoms with Crippen LogP contribution >= 0.6 is 11.3 Å². The van der Waals surface area contributed by atoms with Gasteiger partial charge in [-0.1, -0.05) is 0 Å². The molecule has 4 rings (SSSR count). The van der Waals surface area contributed by atoms with Crippen molar-refractivity contribution in [2.75, 3.05) is 26.3 Å². The average Bonchev–Trinajstić information content (AvgIpc) is 3.30. The Morgan fingerprint density at radius 2 is 2.33 bits per heavy atom. The van der Waals surface area contributed by atoms with Crippen molar-refractivity contribution in [1.82, 2.24) is 9.88 Å². The molecule has 8 heteroatoms. The Balaban J connectivity index is 1.56. The van der Waals surface area contributed by atoms with E-state index in [2.05, 4.69) is 4.98 Å². The third-order valence-corrected chi connectivity index (χ3v) is 5.80. The molecule has 2 aliphatic rings. The molecule has 0 aliphatic carbocycles. The van der Waals surface area contributed by atoms with Crippen LogP contribution in [0.2, 0.25) is 0 Å². The number of carboxylic acid groups (broad SMARTS) is 1. The second-order valence-corrected chi connectivity index (χ2v) is 7.08. The number of nitrogens with zero attached hydrogens (tertiary/aromatic N) is 2. The fourth-order valence-electron chi connectivity index (χ4n) is 3.51. The molecule has 2 saturated heterocycles. The standard InChI is InChI=1S/C16H16N2O5S/c19-14(12-8-24-13(17-12)10-1-3-22-6-10)18-5-11-7-23-4-2-16(11,9-18)15(20)21/h1,3,6,8,11H,2,4-5,7,9H2,(H,20,21)/t11-,16+/m0/s1. The molecule has 1 N–H and O–H groups in total. The van der Waals surface area contributed by atoms with Crippen LogP contribution in [0.3, 0.4) is 0 Å². The highest BCUT2D eigenvalue weighted by Gasteiger charge is 2.55. The number of carbonyl (C=O) groups excluding carboxylic acids is 1. The van der Waals surface area contributed by atoms with Gasteiger partial charge in [-0.3, -0.25) is 9.59 Å². The first-order chi connectivity index (χ1) is 11.6. The Morgan fingerprint density at radius 3 is 3.04 bits per heavy atom. The molecule has 0 bridgehead atoms. The van der Waals surface area contributed by atoms with Gasteiger partial charge in [-0.15, -0.1) is 11.3 Å². The predicted molar refractivity (Wildman–Crippen MR) is 84.7 cm³/mol. The van der Waals surface area contributed by atoms with E-state index in [0.29, 0.717) is 36.9 Å². The van der Waals surface area contributed by atoms with Gasteiger partial charge in [0.1, 0.15) is 17.0 Å². The van der Waals surface area contributed by atoms with Crippen LogP contribution in [0.4, 0.5) is 0 Å². The van der Waals surface area contributed by atoms with Crippen molar-refractivity contribution in [2.24, 2.45) is 11.3 Å². The van der Waals surface area contributed by atoms with E-state index in [1.165, 1.54) is 11.3 Å². The molecular formula is C16H16N2O5S. The second-order valence-electron chi connectivity index (χ2n) is 6.22. The number of carboxylic acids is 1. The lowest BCUT2D eigenvalue weighted by Gasteiger charge is -2.33. The summed E-state index contributed by atoms with van der Waals surface area (Å²) >= 11 is 1.37. The molecule has 0 aromatic carbocycles. The summed E-state index contributed by atoms with van der Waals surface area (Å²) in [5.41, 5.74) is 0.276. The number of aromatic nitrogens is 1. The summed E-state index contributed by atoms with van der Waals surface area (Å²) in [7, 11) is 0. The number of amides is 1. The number of ether oxygens (including phenoxy) is 1. The number of fused-ring (bicyclic) bond motifs is 1. The van der Waals surface area contributed by atoms with Crippen molar-refractivity contribution < 1.29 is 23.8 Å². The molecule has 2 aromatic heterocycles. The van der Waals surface area contributed by atoms with Crippen LogP contribution in [0.25, 0.3) is 10.6 Å². The summed E-state index contributed by atoms with van der Waals surface area (Å²) in [6.07, 6.45) is 3.57. The van der Waals surface area contributed by atoms with E-state index in [9.17, 15) is 14.7 Å². The summed E-state index contributed by atoms with van der Waals surface area (Å²) in [5, 5.41) is 12.1. The first kappa shape index (κ1) is 15.3. The van der Waals surface area contributed by atoms with E-state index in [1.54, 1.807) is 28.9 Å². The van der Waals surface area contributed by atoms with Crippen molar-refractivity contribution in [3.8, 4) is 10.6 Å². The maximum atomic E-state index is 12.8. The van der Waals surface area contributed by atoms with Gasteiger partial charge in [-0.05, 0) is 12.5 Å². The third-order valence-electron chi connectivity index (χ3n) is 4.91. The van der Waals surface area contributed by atoms with Crippen LogP contribution in [-0.2, 0) is 9.53 Å². The van der Waals surface area contributed by atoms with Crippen LogP contribution in [0.15, 0.2) is 28.4 Å². The molecule has 4 heterocycles. The van der Waals surface area contributed by atoms with Gasteiger partial charge in [0.2, 0.25) is 0 Å². The Morgan fingerprint density at radius 1 is 1.46 bits per heavy atom. The molecule has 126 valence electrons. The van der Waals surface area contributed by atoms with Crippen LogP contribution in [0.5, 0.6) is 0 Å². The largest absolute Gasteiger partial charge is 0.481 e. The topological polar surface area (TPSA) is 92.9 Å². The number of aliphatic carboxylic acids is 1. The molecule has 0 spiro atoms. The number of hydrogen-bond donors (Lipinski definition) is 1. The van der Waals surface area contributed by atoms with E-state index in [1.807, 2.05) is 0 Å². The minimum Gasteiger partial charge on any atom is -0.481 e. The average molecular weight is 348 g/mol. The Labute approximate surface area is 141 Å². The van der Waals surface area contributed by atoms with E-state index in [0.717, 1.165) is 5.56 Å². The molecule has 24 heavy (non-hydrogen) atoms. The number of carbonyl (C=O) groups is 2. The van der Waals surface area contributed by atoms with Crippen molar-refractivity contribution in [1.29, 1.82) is 0 Å². The van der Waals surface area contributed by atoms with Gasteiger partial charge in [-0.25, -0.2) is 4.98 Å². The molecule has 1 amide bonds. The SMILES string of the molecule is O=C(c1csc(-c2ccoc2)n1)N1C[C@H]2COCC[C@@]2(C(=O)O)C1. The number of rotatable bonds is 3. The van der Waals surface area contributed by atoms with Gasteiger partial charge in [0.15, 0.2) is 0 Å². The smallest absolute Gasteiger partial charge is 0.311 e. The molecule has 0 saturated carbocycles. The van der Waals surface area contributed by atoms with Crippen LogP contribution in [0.1, 0.15) is 16.9 Å². The van der Waals surface area contributed by atoms with Gasteiger partial charge >= 0.3 is 5.97 Å². The lowest BCUT2D eigenvalue weighted by molar-refractivity contribution is -0.157. The quantitative estimate of drug-likeness (QED) is 0.911. The highest BCUT2D eigenvalue weighted by molar-refractivity contribution is 7.13. The molecule has 2 atom stereocenters. The zero-order valence-electron chi connectivity index (χ0n) is 12.8. The number of hydrogen-bond acceptors (Lipinski definition) is 6. The van der Waals surface area contributed by atoms with E-state index in [-0.39, 0.29) is 18.4 Å². The third kappa shape index (κ3) is 2.33. The summed E-state index contributed by atoms with van der Waals surface area (Å²) in [5.74, 6) is -1.24. The second kappa shape index (κ2) is 5.71. The fourth-order valence-corrected chi connectivity index (χ4v) is 4.29. The molecule has 0 unspecified atom stereocenters. The molecule has 2 aromatic rings. The van der Waals surface area contributed by atoms with Crippen LogP contribution < -0.4 is 0 Å². The van der Waals surface area contributed by atoms with Gasteiger partial charge < -0.3 is 19.2 Å². The predicted octanol–water partition coefficient (Wildman–Crippen LogP) is 1.97. The van der Waals surface area contributed by atoms with E-state index < -0.39 is 11.4 Å². The van der Waals surface area contributed by atoms with Gasteiger partial charge in [0.05, 0.1) is 18.3 Å². The lowest BCUT2D eigenvalue weighted by Crippen LogP contribution is -2.45. The van der Waals surface area contributed by atoms with Crippen LogP contribution in [-0.4, -0.2) is 53.2 Å². The summed E-state index contributed by atoms with van der Waals surface area (Å²) in [6.45, 7) is 1.41. The maximum absolute atomic E-state index is 12.8.